The van der Waals surface area contributed by atoms with Crippen molar-refractivity contribution in [1.29, 1.82) is 0 Å². The molecule has 0 amide bonds. The van der Waals surface area contributed by atoms with Crippen molar-refractivity contribution in [2.24, 2.45) is 0 Å². The molecule has 1 radical (unpaired) electrons. The summed E-state index contributed by atoms with van der Waals surface area (Å²) in [7, 11) is 0. The Morgan fingerprint density at radius 1 is 1.00 bits per heavy atom. The Bertz CT molecular complexity index is 104. The lowest BCUT2D eigenvalue weighted by atomic mass is 10.0. The first-order chi connectivity index (χ1) is 6.20. The Morgan fingerprint density at radius 2 is 1.54 bits per heavy atom. The van der Waals surface area contributed by atoms with E-state index in [1.807, 2.05) is 0 Å². The molecule has 0 saturated carbocycles. The molecular formula is C11H23O2. The van der Waals surface area contributed by atoms with Gasteiger partial charge in [0.2, 0.25) is 0 Å². The molecule has 0 aromatic carbocycles. The van der Waals surface area contributed by atoms with E-state index in [0.29, 0.717) is 6.42 Å². The molecule has 0 aromatic heterocycles. The van der Waals surface area contributed by atoms with Crippen LogP contribution in [0.4, 0.5) is 0 Å². The number of aliphatic hydroxyl groups excluding tert-OH is 2. The summed E-state index contributed by atoms with van der Waals surface area (Å²) in [5.74, 6) is 0. The Balaban J connectivity index is 3.29. The van der Waals surface area contributed by atoms with Crippen LogP contribution in [0.2, 0.25) is 0 Å². The number of hydrogen-bond donors (Lipinski definition) is 2. The van der Waals surface area contributed by atoms with Crippen LogP contribution in [0.5, 0.6) is 0 Å². The van der Waals surface area contributed by atoms with Gasteiger partial charge in [0, 0.05) is 0 Å². The van der Waals surface area contributed by atoms with E-state index < -0.39 is 0 Å². The van der Waals surface area contributed by atoms with Crippen LogP contribution in [0.15, 0.2) is 0 Å². The summed E-state index contributed by atoms with van der Waals surface area (Å²) in [6.45, 7) is 5.80. The summed E-state index contributed by atoms with van der Waals surface area (Å²) >= 11 is 0. The van der Waals surface area contributed by atoms with Crippen LogP contribution < -0.4 is 0 Å². The first-order valence-corrected chi connectivity index (χ1v) is 5.36. The van der Waals surface area contributed by atoms with Gasteiger partial charge in [0.1, 0.15) is 0 Å². The van der Waals surface area contributed by atoms with Gasteiger partial charge in [0.05, 0.1) is 12.2 Å². The zero-order valence-corrected chi connectivity index (χ0v) is 8.71. The monoisotopic (exact) mass is 187 g/mol. The molecule has 0 heterocycles. The average Bonchev–Trinajstić information content (AvgIpc) is 2.12. The highest BCUT2D eigenvalue weighted by atomic mass is 16.3. The van der Waals surface area contributed by atoms with Crippen LogP contribution in [0.25, 0.3) is 0 Å². The van der Waals surface area contributed by atoms with Crippen molar-refractivity contribution < 1.29 is 10.2 Å². The predicted molar refractivity (Wildman–Crippen MR) is 55.4 cm³/mol. The van der Waals surface area contributed by atoms with Crippen LogP contribution in [-0.2, 0) is 0 Å². The molecule has 0 aliphatic rings. The van der Waals surface area contributed by atoms with Crippen molar-refractivity contribution in [3.8, 4) is 0 Å². The summed E-state index contributed by atoms with van der Waals surface area (Å²) < 4.78 is 0. The van der Waals surface area contributed by atoms with E-state index in [1.165, 1.54) is 0 Å². The molecule has 2 unspecified atom stereocenters. The largest absolute Gasteiger partial charge is 0.393 e. The maximum Gasteiger partial charge on any atom is 0.0541 e. The summed E-state index contributed by atoms with van der Waals surface area (Å²) in [4.78, 5) is 0. The van der Waals surface area contributed by atoms with Crippen LogP contribution in [0.3, 0.4) is 0 Å². The van der Waals surface area contributed by atoms with Gasteiger partial charge in [-0.15, -0.1) is 0 Å². The van der Waals surface area contributed by atoms with Gasteiger partial charge in [-0.3, -0.25) is 0 Å². The third-order valence-electron chi connectivity index (χ3n) is 2.26. The Hall–Kier alpha value is -0.0800. The topological polar surface area (TPSA) is 40.5 Å². The van der Waals surface area contributed by atoms with Crippen molar-refractivity contribution in [3.05, 3.63) is 6.92 Å². The zero-order valence-electron chi connectivity index (χ0n) is 8.71. The SMILES string of the molecule is [CH2]CCC(O)CCC(O)CCCC. The lowest BCUT2D eigenvalue weighted by molar-refractivity contribution is 0.103. The molecule has 13 heavy (non-hydrogen) atoms. The number of unbranched alkanes of at least 4 members (excludes halogenated alkanes) is 1. The maximum absolute atomic E-state index is 9.47. The maximum atomic E-state index is 9.47. The molecule has 79 valence electrons. The van der Waals surface area contributed by atoms with Crippen molar-refractivity contribution >= 4 is 0 Å². The summed E-state index contributed by atoms with van der Waals surface area (Å²) in [5.41, 5.74) is 0. The van der Waals surface area contributed by atoms with Crippen molar-refractivity contribution in [3.63, 3.8) is 0 Å². The third-order valence-corrected chi connectivity index (χ3v) is 2.26. The molecule has 0 aromatic rings. The number of aliphatic hydroxyl groups is 2. The highest BCUT2D eigenvalue weighted by molar-refractivity contribution is 4.62. The number of hydrogen-bond acceptors (Lipinski definition) is 2. The molecule has 0 spiro atoms. The van der Waals surface area contributed by atoms with E-state index in [-0.39, 0.29) is 12.2 Å². The average molecular weight is 187 g/mol. The molecular weight excluding hydrogens is 164 g/mol. The normalized spacial score (nSPS) is 15.7. The van der Waals surface area contributed by atoms with Gasteiger partial charge in [-0.2, -0.15) is 0 Å². The summed E-state index contributed by atoms with van der Waals surface area (Å²) in [6.07, 6.45) is 5.53. The summed E-state index contributed by atoms with van der Waals surface area (Å²) in [6, 6.07) is 0. The second kappa shape index (κ2) is 8.52. The fourth-order valence-electron chi connectivity index (χ4n) is 1.35. The van der Waals surface area contributed by atoms with Gasteiger partial charge < -0.3 is 10.2 Å². The van der Waals surface area contributed by atoms with E-state index in [1.54, 1.807) is 0 Å². The van der Waals surface area contributed by atoms with Gasteiger partial charge in [0.15, 0.2) is 0 Å². The van der Waals surface area contributed by atoms with E-state index in [0.717, 1.165) is 38.5 Å². The second-order valence-electron chi connectivity index (χ2n) is 3.67. The molecule has 0 fully saturated rings. The van der Waals surface area contributed by atoms with Crippen LogP contribution in [-0.4, -0.2) is 22.4 Å². The highest BCUT2D eigenvalue weighted by Gasteiger charge is 2.07. The fourth-order valence-corrected chi connectivity index (χ4v) is 1.35. The summed E-state index contributed by atoms with van der Waals surface area (Å²) in [5, 5.41) is 18.8. The third kappa shape index (κ3) is 8.26. The molecule has 0 saturated heterocycles. The minimum absolute atomic E-state index is 0.223. The molecule has 2 nitrogen and oxygen atoms in total. The molecule has 0 rings (SSSR count). The van der Waals surface area contributed by atoms with Crippen molar-refractivity contribution in [2.75, 3.05) is 0 Å². The second-order valence-corrected chi connectivity index (χ2v) is 3.67. The van der Waals surface area contributed by atoms with Gasteiger partial charge >= 0.3 is 0 Å². The molecule has 2 atom stereocenters. The lowest BCUT2D eigenvalue weighted by Gasteiger charge is -2.13. The quantitative estimate of drug-likeness (QED) is 0.612. The fraction of sp³-hybridized carbons (Fsp3) is 0.909. The first kappa shape index (κ1) is 12.9. The molecule has 2 N–H and O–H groups in total. The van der Waals surface area contributed by atoms with E-state index >= 15 is 0 Å². The number of rotatable bonds is 8. The van der Waals surface area contributed by atoms with Crippen molar-refractivity contribution in [1.82, 2.24) is 0 Å². The zero-order chi connectivity index (χ0) is 10.1. The van der Waals surface area contributed by atoms with Gasteiger partial charge in [-0.25, -0.2) is 0 Å². The van der Waals surface area contributed by atoms with Crippen LogP contribution in [0, 0.1) is 6.92 Å². The molecule has 0 bridgehead atoms. The van der Waals surface area contributed by atoms with Gasteiger partial charge in [0.25, 0.3) is 0 Å². The van der Waals surface area contributed by atoms with Crippen LogP contribution in [0.1, 0.15) is 51.9 Å². The van der Waals surface area contributed by atoms with Gasteiger partial charge in [-0.05, 0) is 25.7 Å². The highest BCUT2D eigenvalue weighted by Crippen LogP contribution is 2.10. The Labute approximate surface area is 82.0 Å². The first-order valence-electron chi connectivity index (χ1n) is 5.36. The smallest absolute Gasteiger partial charge is 0.0541 e. The molecule has 0 aliphatic heterocycles. The minimum atomic E-state index is -0.270. The van der Waals surface area contributed by atoms with E-state index in [9.17, 15) is 10.2 Å². The minimum Gasteiger partial charge on any atom is -0.393 e. The van der Waals surface area contributed by atoms with Crippen molar-refractivity contribution in [2.45, 2.75) is 64.1 Å². The molecule has 2 heteroatoms. The van der Waals surface area contributed by atoms with E-state index in [2.05, 4.69) is 13.8 Å². The lowest BCUT2D eigenvalue weighted by Crippen LogP contribution is -2.12. The van der Waals surface area contributed by atoms with Crippen LogP contribution >= 0.6 is 0 Å². The molecule has 0 aliphatic carbocycles. The Kier molecular flexibility index (Phi) is 8.46. The standard InChI is InChI=1S/C11H23O2/c1-3-5-7-11(13)9-8-10(12)6-4-2/h10-13H,2-9H2,1H3. The van der Waals surface area contributed by atoms with Gasteiger partial charge in [-0.1, -0.05) is 33.1 Å². The predicted octanol–water partition coefficient (Wildman–Crippen LogP) is 2.29. The Morgan fingerprint density at radius 3 is 2.00 bits per heavy atom. The van der Waals surface area contributed by atoms with E-state index in [4.69, 9.17) is 0 Å².